The second-order valence-corrected chi connectivity index (χ2v) is 6.43. The molecule has 2 heterocycles. The van der Waals surface area contributed by atoms with Gasteiger partial charge in [0.2, 0.25) is 11.8 Å². The highest BCUT2D eigenvalue weighted by Gasteiger charge is 2.28. The molecule has 6 heteroatoms. The van der Waals surface area contributed by atoms with Gasteiger partial charge >= 0.3 is 0 Å². The third-order valence-electron chi connectivity index (χ3n) is 4.59. The van der Waals surface area contributed by atoms with Crippen LogP contribution in [0.5, 0.6) is 17.4 Å². The Hall–Kier alpha value is -2.63. The molecule has 1 aliphatic rings. The summed E-state index contributed by atoms with van der Waals surface area (Å²) in [7, 11) is 1.61. The molecule has 0 radical (unpaired) electrons. The van der Waals surface area contributed by atoms with Crippen molar-refractivity contribution >= 4 is 5.91 Å². The van der Waals surface area contributed by atoms with Crippen LogP contribution in [-0.4, -0.2) is 41.0 Å². The fourth-order valence-electron chi connectivity index (χ4n) is 3.30. The normalized spacial score (nSPS) is 17.0. The number of likely N-dealkylation sites (tertiary alicyclic amines) is 1. The van der Waals surface area contributed by atoms with E-state index in [0.717, 1.165) is 31.5 Å². The number of ether oxygens (including phenoxy) is 2. The Kier molecular flexibility index (Phi) is 6.04. The molecule has 1 aliphatic heterocycles. The molecule has 1 amide bonds. The van der Waals surface area contributed by atoms with Gasteiger partial charge in [0.25, 0.3) is 0 Å². The molecule has 1 atom stereocenters. The largest absolute Gasteiger partial charge is 0.493 e. The molecule has 26 heavy (non-hydrogen) atoms. The Labute approximate surface area is 154 Å². The van der Waals surface area contributed by atoms with Crippen molar-refractivity contribution in [2.24, 2.45) is 0 Å². The highest BCUT2D eigenvalue weighted by atomic mass is 16.5. The molecule has 6 nitrogen and oxygen atoms in total. The van der Waals surface area contributed by atoms with Crippen molar-refractivity contribution in [3.05, 3.63) is 42.4 Å². The summed E-state index contributed by atoms with van der Waals surface area (Å²) in [6, 6.07) is 7.47. The van der Waals surface area contributed by atoms with Crippen molar-refractivity contribution in [1.82, 2.24) is 14.9 Å². The van der Waals surface area contributed by atoms with E-state index in [2.05, 4.69) is 9.97 Å². The Morgan fingerprint density at radius 2 is 2.00 bits per heavy atom. The minimum Gasteiger partial charge on any atom is -0.493 e. The minimum atomic E-state index is 0.128. The van der Waals surface area contributed by atoms with Crippen molar-refractivity contribution in [2.45, 2.75) is 38.5 Å². The molecule has 1 aromatic heterocycles. The molecule has 0 saturated carbocycles. The van der Waals surface area contributed by atoms with Crippen molar-refractivity contribution < 1.29 is 14.3 Å². The van der Waals surface area contributed by atoms with Crippen LogP contribution in [0.2, 0.25) is 0 Å². The number of aromatic nitrogens is 2. The van der Waals surface area contributed by atoms with Gasteiger partial charge < -0.3 is 14.4 Å². The predicted molar refractivity (Wildman–Crippen MR) is 98.6 cm³/mol. The lowest BCUT2D eigenvalue weighted by molar-refractivity contribution is -0.132. The van der Waals surface area contributed by atoms with Gasteiger partial charge in [-0.15, -0.1) is 0 Å². The molecule has 1 unspecified atom stereocenters. The van der Waals surface area contributed by atoms with Gasteiger partial charge in [-0.05, 0) is 31.4 Å². The zero-order chi connectivity index (χ0) is 18.4. The van der Waals surface area contributed by atoms with E-state index < -0.39 is 0 Å². The van der Waals surface area contributed by atoms with Crippen LogP contribution in [0.25, 0.3) is 0 Å². The van der Waals surface area contributed by atoms with E-state index in [-0.39, 0.29) is 11.8 Å². The van der Waals surface area contributed by atoms with Crippen LogP contribution in [0.3, 0.4) is 0 Å². The summed E-state index contributed by atoms with van der Waals surface area (Å²) in [4.78, 5) is 23.1. The first-order chi connectivity index (χ1) is 12.7. The summed E-state index contributed by atoms with van der Waals surface area (Å²) in [5, 5.41) is 0. The quantitative estimate of drug-likeness (QED) is 0.789. The van der Waals surface area contributed by atoms with Gasteiger partial charge in [0.15, 0.2) is 11.5 Å². The lowest BCUT2D eigenvalue weighted by Crippen LogP contribution is -2.39. The average Bonchev–Trinajstić information content (AvgIpc) is 2.69. The van der Waals surface area contributed by atoms with Crippen LogP contribution in [-0.2, 0) is 4.79 Å². The van der Waals surface area contributed by atoms with Crippen molar-refractivity contribution in [3.8, 4) is 17.4 Å². The molecule has 1 fully saturated rings. The molecule has 138 valence electrons. The first-order valence-electron chi connectivity index (χ1n) is 9.12. The average molecular weight is 355 g/mol. The Morgan fingerprint density at radius 1 is 1.23 bits per heavy atom. The smallest absolute Gasteiger partial charge is 0.241 e. The number of carbonyl (C=O) groups is 1. The van der Waals surface area contributed by atoms with Gasteiger partial charge in [0, 0.05) is 37.8 Å². The van der Waals surface area contributed by atoms with Gasteiger partial charge in [0.1, 0.15) is 5.69 Å². The molecular weight excluding hydrogens is 330 g/mol. The fourth-order valence-corrected chi connectivity index (χ4v) is 3.30. The van der Waals surface area contributed by atoms with Crippen molar-refractivity contribution in [1.29, 1.82) is 0 Å². The highest BCUT2D eigenvalue weighted by Crippen LogP contribution is 2.35. The zero-order valence-electron chi connectivity index (χ0n) is 15.4. The maximum Gasteiger partial charge on any atom is 0.241 e. The lowest BCUT2D eigenvalue weighted by atomic mass is 9.94. The molecule has 2 aromatic rings. The number of hydrogen-bond acceptors (Lipinski definition) is 5. The zero-order valence-corrected chi connectivity index (χ0v) is 15.4. The van der Waals surface area contributed by atoms with Gasteiger partial charge in [0.05, 0.1) is 7.11 Å². The van der Waals surface area contributed by atoms with Crippen molar-refractivity contribution in [3.63, 3.8) is 0 Å². The second kappa shape index (κ2) is 8.65. The maximum atomic E-state index is 12.3. The number of hydrogen-bond donors (Lipinski definition) is 0. The molecule has 1 saturated heterocycles. The van der Waals surface area contributed by atoms with E-state index in [9.17, 15) is 4.79 Å². The SMILES string of the molecule is CCCC(=O)N1CCCC(c2nccnc2Oc2ccccc2OC)C1. The molecule has 0 bridgehead atoms. The molecule has 0 N–H and O–H groups in total. The van der Waals surface area contributed by atoms with E-state index in [0.29, 0.717) is 30.3 Å². The van der Waals surface area contributed by atoms with E-state index in [1.54, 1.807) is 19.5 Å². The van der Waals surface area contributed by atoms with Gasteiger partial charge in [-0.3, -0.25) is 9.78 Å². The second-order valence-electron chi connectivity index (χ2n) is 6.43. The first kappa shape index (κ1) is 18.2. The molecular formula is C20H25N3O3. The van der Waals surface area contributed by atoms with Gasteiger partial charge in [-0.2, -0.15) is 0 Å². The van der Waals surface area contributed by atoms with Crippen LogP contribution in [0, 0.1) is 0 Å². The van der Waals surface area contributed by atoms with Gasteiger partial charge in [-0.25, -0.2) is 4.98 Å². The van der Waals surface area contributed by atoms with Crippen LogP contribution in [0.15, 0.2) is 36.7 Å². The Bertz CT molecular complexity index is 751. The van der Waals surface area contributed by atoms with Gasteiger partial charge in [-0.1, -0.05) is 19.1 Å². The number of methoxy groups -OCH3 is 1. The fraction of sp³-hybridized carbons (Fsp3) is 0.450. The number of piperidine rings is 1. The maximum absolute atomic E-state index is 12.3. The van der Waals surface area contributed by atoms with E-state index >= 15 is 0 Å². The molecule has 3 rings (SSSR count). The summed E-state index contributed by atoms with van der Waals surface area (Å²) in [5.74, 6) is 2.07. The minimum absolute atomic E-state index is 0.128. The number of amides is 1. The summed E-state index contributed by atoms with van der Waals surface area (Å²) in [5.41, 5.74) is 0.799. The lowest BCUT2D eigenvalue weighted by Gasteiger charge is -2.32. The van der Waals surface area contributed by atoms with Crippen LogP contribution < -0.4 is 9.47 Å². The third-order valence-corrected chi connectivity index (χ3v) is 4.59. The van der Waals surface area contributed by atoms with E-state index in [1.165, 1.54) is 0 Å². The summed E-state index contributed by atoms with van der Waals surface area (Å²) < 4.78 is 11.4. The third kappa shape index (κ3) is 4.12. The van der Waals surface area contributed by atoms with Crippen molar-refractivity contribution in [2.75, 3.05) is 20.2 Å². The standard InChI is InChI=1S/C20H25N3O3/c1-3-7-18(24)23-13-6-8-15(14-23)19-20(22-12-11-21-19)26-17-10-5-4-9-16(17)25-2/h4-5,9-12,15H,3,6-8,13-14H2,1-2H3. The Balaban J connectivity index is 1.81. The highest BCUT2D eigenvalue weighted by molar-refractivity contribution is 5.76. The predicted octanol–water partition coefficient (Wildman–Crippen LogP) is 3.78. The van der Waals surface area contributed by atoms with E-state index in [4.69, 9.17) is 9.47 Å². The number of benzene rings is 1. The van der Waals surface area contributed by atoms with E-state index in [1.807, 2.05) is 36.1 Å². The molecule has 0 spiro atoms. The summed E-state index contributed by atoms with van der Waals surface area (Å²) in [6.45, 7) is 3.51. The number of para-hydroxylation sites is 2. The topological polar surface area (TPSA) is 64.6 Å². The summed E-state index contributed by atoms with van der Waals surface area (Å²) >= 11 is 0. The Morgan fingerprint density at radius 3 is 2.77 bits per heavy atom. The first-order valence-corrected chi connectivity index (χ1v) is 9.12. The molecule has 0 aliphatic carbocycles. The van der Waals surface area contributed by atoms with Crippen LogP contribution in [0.1, 0.15) is 44.2 Å². The number of rotatable bonds is 6. The molecule has 1 aromatic carbocycles. The number of carbonyl (C=O) groups excluding carboxylic acids is 1. The summed E-state index contributed by atoms with van der Waals surface area (Å²) in [6.07, 6.45) is 6.70. The van der Waals surface area contributed by atoms with Crippen LogP contribution in [0.4, 0.5) is 0 Å². The van der Waals surface area contributed by atoms with Crippen LogP contribution >= 0.6 is 0 Å². The number of nitrogens with zero attached hydrogens (tertiary/aromatic N) is 3. The monoisotopic (exact) mass is 355 g/mol.